The number of likely N-dealkylation sites (tertiary alicyclic amines) is 1. The SMILES string of the molecule is O=C(O)C1(C(F)(F)F)CCN(Cc2c(Cl)cncc2Cl)C1. The van der Waals surface area contributed by atoms with Crippen LogP contribution in [0.1, 0.15) is 12.0 Å². The Labute approximate surface area is 128 Å². The van der Waals surface area contributed by atoms with Gasteiger partial charge in [0, 0.05) is 37.6 Å². The Balaban J connectivity index is 2.21. The summed E-state index contributed by atoms with van der Waals surface area (Å²) in [5.41, 5.74) is -2.30. The van der Waals surface area contributed by atoms with Crippen molar-refractivity contribution in [1.82, 2.24) is 9.88 Å². The minimum absolute atomic E-state index is 0.000784. The van der Waals surface area contributed by atoms with Gasteiger partial charge in [-0.15, -0.1) is 0 Å². The van der Waals surface area contributed by atoms with Crippen LogP contribution < -0.4 is 0 Å². The second kappa shape index (κ2) is 5.62. The van der Waals surface area contributed by atoms with Crippen LogP contribution in [0.3, 0.4) is 0 Å². The van der Waals surface area contributed by atoms with Crippen molar-refractivity contribution in [2.45, 2.75) is 19.1 Å². The number of halogens is 5. The highest BCUT2D eigenvalue weighted by Gasteiger charge is 2.63. The fraction of sp³-hybridized carbons (Fsp3) is 0.500. The molecule has 1 fully saturated rings. The molecule has 0 radical (unpaired) electrons. The summed E-state index contributed by atoms with van der Waals surface area (Å²) in [5.74, 6) is -1.86. The molecule has 0 amide bonds. The van der Waals surface area contributed by atoms with Crippen molar-refractivity contribution in [3.8, 4) is 0 Å². The number of carbonyl (C=O) groups is 1. The average molecular weight is 343 g/mol. The number of hydrogen-bond acceptors (Lipinski definition) is 3. The summed E-state index contributed by atoms with van der Waals surface area (Å²) in [6, 6.07) is 0. The van der Waals surface area contributed by atoms with Crippen LogP contribution in [0, 0.1) is 5.41 Å². The van der Waals surface area contributed by atoms with Gasteiger partial charge in [-0.25, -0.2) is 0 Å². The second-order valence-corrected chi connectivity index (χ2v) is 5.74. The predicted octanol–water partition coefficient (Wildman–Crippen LogP) is 3.23. The maximum absolute atomic E-state index is 13.1. The zero-order valence-electron chi connectivity index (χ0n) is 10.6. The highest BCUT2D eigenvalue weighted by atomic mass is 35.5. The Morgan fingerprint density at radius 2 is 1.95 bits per heavy atom. The van der Waals surface area contributed by atoms with E-state index in [1.54, 1.807) is 0 Å². The molecule has 1 unspecified atom stereocenters. The summed E-state index contributed by atoms with van der Waals surface area (Å²) in [5, 5.41) is 9.46. The van der Waals surface area contributed by atoms with Gasteiger partial charge in [0.2, 0.25) is 0 Å². The fourth-order valence-corrected chi connectivity index (χ4v) is 2.85. The normalized spacial score (nSPS) is 23.5. The first kappa shape index (κ1) is 16.3. The topological polar surface area (TPSA) is 53.4 Å². The quantitative estimate of drug-likeness (QED) is 0.916. The number of alkyl halides is 3. The molecule has 1 N–H and O–H groups in total. The van der Waals surface area contributed by atoms with Crippen LogP contribution in [0.4, 0.5) is 13.2 Å². The summed E-state index contributed by atoms with van der Waals surface area (Å²) >= 11 is 11.8. The highest BCUT2D eigenvalue weighted by Crippen LogP contribution is 2.46. The van der Waals surface area contributed by atoms with Gasteiger partial charge in [-0.3, -0.25) is 14.7 Å². The molecule has 4 nitrogen and oxygen atoms in total. The Morgan fingerprint density at radius 3 is 2.38 bits per heavy atom. The highest BCUT2D eigenvalue weighted by molar-refractivity contribution is 6.35. The Kier molecular flexibility index (Phi) is 4.37. The first-order chi connectivity index (χ1) is 9.67. The van der Waals surface area contributed by atoms with Crippen LogP contribution in [0.25, 0.3) is 0 Å². The molecule has 1 aliphatic rings. The number of carboxylic acid groups (broad SMARTS) is 1. The fourth-order valence-electron chi connectivity index (χ4n) is 2.36. The molecule has 2 rings (SSSR count). The van der Waals surface area contributed by atoms with Crippen molar-refractivity contribution >= 4 is 29.2 Å². The summed E-state index contributed by atoms with van der Waals surface area (Å²) in [6.45, 7) is -0.576. The number of pyridine rings is 1. The van der Waals surface area contributed by atoms with Gasteiger partial charge in [0.05, 0.1) is 10.0 Å². The van der Waals surface area contributed by atoms with E-state index >= 15 is 0 Å². The van der Waals surface area contributed by atoms with Crippen molar-refractivity contribution < 1.29 is 23.1 Å². The van der Waals surface area contributed by atoms with Gasteiger partial charge in [0.15, 0.2) is 5.41 Å². The zero-order chi connectivity index (χ0) is 15.8. The summed E-state index contributed by atoms with van der Waals surface area (Å²) < 4.78 is 39.2. The number of carboxylic acids is 1. The van der Waals surface area contributed by atoms with Crippen molar-refractivity contribution in [1.29, 1.82) is 0 Å². The lowest BCUT2D eigenvalue weighted by Gasteiger charge is -2.27. The Bertz CT molecular complexity index is 548. The smallest absolute Gasteiger partial charge is 0.406 e. The van der Waals surface area contributed by atoms with E-state index in [2.05, 4.69) is 4.98 Å². The molecule has 1 aliphatic heterocycles. The van der Waals surface area contributed by atoms with Crippen LogP contribution in [0.5, 0.6) is 0 Å². The Hall–Kier alpha value is -1.05. The Morgan fingerprint density at radius 1 is 1.38 bits per heavy atom. The number of aromatic nitrogens is 1. The molecular weight excluding hydrogens is 332 g/mol. The van der Waals surface area contributed by atoms with Crippen molar-refractivity contribution in [2.75, 3.05) is 13.1 Å². The first-order valence-corrected chi connectivity index (χ1v) is 6.73. The molecule has 0 aromatic carbocycles. The van der Waals surface area contributed by atoms with E-state index in [1.807, 2.05) is 0 Å². The molecule has 0 spiro atoms. The molecule has 0 bridgehead atoms. The third-order valence-electron chi connectivity index (χ3n) is 3.63. The zero-order valence-corrected chi connectivity index (χ0v) is 12.1. The lowest BCUT2D eigenvalue weighted by Crippen LogP contribution is -2.47. The molecule has 9 heteroatoms. The molecule has 21 heavy (non-hydrogen) atoms. The van der Waals surface area contributed by atoms with Gasteiger partial charge >= 0.3 is 12.1 Å². The second-order valence-electron chi connectivity index (χ2n) is 4.93. The number of nitrogens with zero attached hydrogens (tertiary/aromatic N) is 2. The standard InChI is InChI=1S/C12H11Cl2F3N2O2/c13-8-3-18-4-9(14)7(8)5-19-2-1-11(6-19,10(20)21)12(15,16)17/h3-4H,1-2,5-6H2,(H,20,21). The van der Waals surface area contributed by atoms with E-state index in [-0.39, 0.29) is 23.1 Å². The summed E-state index contributed by atoms with van der Waals surface area (Å²) in [6.07, 6.45) is -2.62. The van der Waals surface area contributed by atoms with Crippen LogP contribution in [0.15, 0.2) is 12.4 Å². The predicted molar refractivity (Wildman–Crippen MR) is 70.3 cm³/mol. The molecule has 1 atom stereocenters. The molecule has 1 saturated heterocycles. The molecule has 116 valence electrons. The van der Waals surface area contributed by atoms with Gasteiger partial charge in [-0.1, -0.05) is 23.2 Å². The van der Waals surface area contributed by atoms with Gasteiger partial charge in [-0.2, -0.15) is 13.2 Å². The van der Waals surface area contributed by atoms with Crippen LogP contribution in [-0.4, -0.2) is 40.2 Å². The monoisotopic (exact) mass is 342 g/mol. The van der Waals surface area contributed by atoms with Gasteiger partial charge in [0.25, 0.3) is 0 Å². The minimum atomic E-state index is -4.81. The molecule has 1 aromatic rings. The van der Waals surface area contributed by atoms with Crippen molar-refractivity contribution in [2.24, 2.45) is 5.41 Å². The molecular formula is C12H11Cl2F3N2O2. The average Bonchev–Trinajstić information content (AvgIpc) is 2.79. The van der Waals surface area contributed by atoms with Gasteiger partial charge in [0.1, 0.15) is 0 Å². The third kappa shape index (κ3) is 2.95. The summed E-state index contributed by atoms with van der Waals surface area (Å²) in [4.78, 5) is 16.2. The van der Waals surface area contributed by atoms with Crippen LogP contribution >= 0.6 is 23.2 Å². The lowest BCUT2D eigenvalue weighted by molar-refractivity contribution is -0.227. The van der Waals surface area contributed by atoms with E-state index in [4.69, 9.17) is 28.3 Å². The van der Waals surface area contributed by atoms with Gasteiger partial charge in [-0.05, 0) is 6.42 Å². The van der Waals surface area contributed by atoms with E-state index in [1.165, 1.54) is 17.3 Å². The maximum Gasteiger partial charge on any atom is 0.406 e. The minimum Gasteiger partial charge on any atom is -0.481 e. The molecule has 2 heterocycles. The molecule has 1 aromatic heterocycles. The van der Waals surface area contributed by atoms with E-state index in [0.29, 0.717) is 5.56 Å². The number of rotatable bonds is 3. The summed E-state index contributed by atoms with van der Waals surface area (Å²) in [7, 11) is 0. The van der Waals surface area contributed by atoms with E-state index in [9.17, 15) is 18.0 Å². The van der Waals surface area contributed by atoms with Crippen LogP contribution in [-0.2, 0) is 11.3 Å². The van der Waals surface area contributed by atoms with Crippen molar-refractivity contribution in [3.63, 3.8) is 0 Å². The van der Waals surface area contributed by atoms with E-state index < -0.39 is 30.5 Å². The first-order valence-electron chi connectivity index (χ1n) is 5.98. The molecule has 0 aliphatic carbocycles. The number of aliphatic carboxylic acids is 1. The maximum atomic E-state index is 13.1. The molecule has 0 saturated carbocycles. The third-order valence-corrected chi connectivity index (χ3v) is 4.29. The number of hydrogen-bond donors (Lipinski definition) is 1. The van der Waals surface area contributed by atoms with Gasteiger partial charge < -0.3 is 5.11 Å². The van der Waals surface area contributed by atoms with Crippen LogP contribution in [0.2, 0.25) is 10.0 Å². The lowest BCUT2D eigenvalue weighted by atomic mass is 9.86. The largest absolute Gasteiger partial charge is 0.481 e. The van der Waals surface area contributed by atoms with Crippen molar-refractivity contribution in [3.05, 3.63) is 28.0 Å². The van der Waals surface area contributed by atoms with E-state index in [0.717, 1.165) is 0 Å².